The summed E-state index contributed by atoms with van der Waals surface area (Å²) in [6.45, 7) is 0. The summed E-state index contributed by atoms with van der Waals surface area (Å²) in [7, 11) is 0. The van der Waals surface area contributed by atoms with E-state index >= 15 is 0 Å². The molecule has 98 valence electrons. The van der Waals surface area contributed by atoms with Gasteiger partial charge >= 0.3 is 0 Å². The highest BCUT2D eigenvalue weighted by atomic mass is 16.2. The normalized spacial score (nSPS) is 22.6. The van der Waals surface area contributed by atoms with Gasteiger partial charge in [0, 0.05) is 17.4 Å². The lowest BCUT2D eigenvalue weighted by atomic mass is 9.97. The van der Waals surface area contributed by atoms with E-state index in [9.17, 15) is 9.59 Å². The molecule has 1 aromatic carbocycles. The molecule has 2 aliphatic heterocycles. The van der Waals surface area contributed by atoms with Gasteiger partial charge in [-0.25, -0.2) is 4.98 Å². The molecule has 6 heteroatoms. The summed E-state index contributed by atoms with van der Waals surface area (Å²) in [4.78, 5) is 28.7. The standard InChI is InChI=1S/C14H10N4O2/c19-12-8-4-3-7-15-11(8)17-14(18-12)9-5-1-2-6-10(9)16-13(14)20/h1-7H,(H,15,17)(H,16,20)(H,18,19). The van der Waals surface area contributed by atoms with Gasteiger partial charge in [-0.05, 0) is 18.2 Å². The quantitative estimate of drug-likeness (QED) is 0.665. The highest BCUT2D eigenvalue weighted by molar-refractivity contribution is 6.13. The van der Waals surface area contributed by atoms with Crippen molar-refractivity contribution in [3.8, 4) is 0 Å². The van der Waals surface area contributed by atoms with Crippen LogP contribution in [0, 0.1) is 0 Å². The number of hydrogen-bond acceptors (Lipinski definition) is 4. The number of nitrogens with zero attached hydrogens (tertiary/aromatic N) is 1. The Kier molecular flexibility index (Phi) is 1.96. The van der Waals surface area contributed by atoms with E-state index in [0.29, 0.717) is 22.6 Å². The van der Waals surface area contributed by atoms with Gasteiger partial charge in [-0.3, -0.25) is 9.59 Å². The van der Waals surface area contributed by atoms with Gasteiger partial charge in [0.1, 0.15) is 5.82 Å². The second-order valence-electron chi connectivity index (χ2n) is 4.73. The Morgan fingerprint density at radius 3 is 2.75 bits per heavy atom. The SMILES string of the molecule is O=C1NC2(Nc3ncccc31)C(=O)Nc1ccccc12. The molecule has 0 fully saturated rings. The average molecular weight is 266 g/mol. The monoisotopic (exact) mass is 266 g/mol. The Morgan fingerprint density at radius 1 is 1.00 bits per heavy atom. The second kappa shape index (κ2) is 3.57. The lowest BCUT2D eigenvalue weighted by molar-refractivity contribution is -0.120. The maximum Gasteiger partial charge on any atom is 0.276 e. The Balaban J connectivity index is 1.92. The Hall–Kier alpha value is -2.89. The number of hydrogen-bond donors (Lipinski definition) is 3. The molecule has 2 amide bonds. The first-order chi connectivity index (χ1) is 9.71. The molecule has 1 atom stereocenters. The number of amides is 2. The smallest absolute Gasteiger partial charge is 0.276 e. The van der Waals surface area contributed by atoms with Crippen molar-refractivity contribution in [2.24, 2.45) is 0 Å². The number of nitrogens with one attached hydrogen (secondary N) is 3. The number of carbonyl (C=O) groups excluding carboxylic acids is 2. The fourth-order valence-electron chi connectivity index (χ4n) is 2.64. The summed E-state index contributed by atoms with van der Waals surface area (Å²) in [5, 5.41) is 8.57. The number of fused-ring (bicyclic) bond motifs is 3. The zero-order valence-electron chi connectivity index (χ0n) is 10.3. The molecule has 2 aromatic rings. The number of benzene rings is 1. The van der Waals surface area contributed by atoms with E-state index < -0.39 is 5.66 Å². The van der Waals surface area contributed by atoms with Crippen molar-refractivity contribution < 1.29 is 9.59 Å². The van der Waals surface area contributed by atoms with Gasteiger partial charge in [-0.1, -0.05) is 18.2 Å². The van der Waals surface area contributed by atoms with Crippen molar-refractivity contribution in [3.63, 3.8) is 0 Å². The molecule has 0 radical (unpaired) electrons. The van der Waals surface area contributed by atoms with Gasteiger partial charge in [0.15, 0.2) is 0 Å². The molecular formula is C14H10N4O2. The molecular weight excluding hydrogens is 256 g/mol. The lowest BCUT2D eigenvalue weighted by Gasteiger charge is -2.34. The molecule has 3 heterocycles. The van der Waals surface area contributed by atoms with Gasteiger partial charge in [0.05, 0.1) is 5.56 Å². The molecule has 0 aliphatic carbocycles. The van der Waals surface area contributed by atoms with Crippen molar-refractivity contribution >= 4 is 23.3 Å². The summed E-state index contributed by atoms with van der Waals surface area (Å²) in [6, 6.07) is 10.6. The molecule has 0 saturated heterocycles. The minimum Gasteiger partial charge on any atom is -0.335 e. The summed E-state index contributed by atoms with van der Waals surface area (Å²) >= 11 is 0. The molecule has 1 aromatic heterocycles. The minimum absolute atomic E-state index is 0.316. The van der Waals surface area contributed by atoms with Gasteiger partial charge in [0.25, 0.3) is 11.8 Å². The minimum atomic E-state index is -1.28. The van der Waals surface area contributed by atoms with Crippen LogP contribution in [0.25, 0.3) is 0 Å². The van der Waals surface area contributed by atoms with E-state index in [1.807, 2.05) is 12.1 Å². The number of aromatic nitrogens is 1. The van der Waals surface area contributed by atoms with E-state index in [1.165, 1.54) is 0 Å². The Bertz CT molecular complexity index is 758. The van der Waals surface area contributed by atoms with Crippen molar-refractivity contribution in [1.82, 2.24) is 10.3 Å². The van der Waals surface area contributed by atoms with Crippen LogP contribution in [0.1, 0.15) is 15.9 Å². The van der Waals surface area contributed by atoms with E-state index in [1.54, 1.807) is 30.5 Å². The second-order valence-corrected chi connectivity index (χ2v) is 4.73. The molecule has 3 N–H and O–H groups in total. The maximum atomic E-state index is 12.3. The maximum absolute atomic E-state index is 12.3. The van der Waals surface area contributed by atoms with Crippen LogP contribution < -0.4 is 16.0 Å². The first kappa shape index (κ1) is 11.0. The van der Waals surface area contributed by atoms with Gasteiger partial charge < -0.3 is 16.0 Å². The van der Waals surface area contributed by atoms with Crippen LogP contribution in [-0.2, 0) is 10.5 Å². The lowest BCUT2D eigenvalue weighted by Crippen LogP contribution is -2.59. The Labute approximate surface area is 114 Å². The number of para-hydroxylation sites is 1. The first-order valence-electron chi connectivity index (χ1n) is 6.17. The number of anilines is 2. The van der Waals surface area contributed by atoms with Crippen molar-refractivity contribution in [2.45, 2.75) is 5.66 Å². The predicted octanol–water partition coefficient (Wildman–Crippen LogP) is 1.04. The molecule has 0 saturated carbocycles. The highest BCUT2D eigenvalue weighted by Gasteiger charge is 2.51. The molecule has 20 heavy (non-hydrogen) atoms. The van der Waals surface area contributed by atoms with Crippen molar-refractivity contribution in [1.29, 1.82) is 0 Å². The molecule has 1 unspecified atom stereocenters. The van der Waals surface area contributed by atoms with Crippen LogP contribution >= 0.6 is 0 Å². The molecule has 4 rings (SSSR count). The fraction of sp³-hybridized carbons (Fsp3) is 0.0714. The first-order valence-corrected chi connectivity index (χ1v) is 6.17. The summed E-state index contributed by atoms with van der Waals surface area (Å²) in [6.07, 6.45) is 1.58. The summed E-state index contributed by atoms with van der Waals surface area (Å²) < 4.78 is 0. The number of rotatable bonds is 0. The van der Waals surface area contributed by atoms with E-state index in [2.05, 4.69) is 20.9 Å². The van der Waals surface area contributed by atoms with E-state index in [4.69, 9.17) is 0 Å². The zero-order valence-corrected chi connectivity index (χ0v) is 10.3. The van der Waals surface area contributed by atoms with Crippen LogP contribution in [-0.4, -0.2) is 16.8 Å². The Morgan fingerprint density at radius 2 is 1.85 bits per heavy atom. The van der Waals surface area contributed by atoms with Gasteiger partial charge in [-0.2, -0.15) is 0 Å². The third kappa shape index (κ3) is 1.25. The molecule has 2 aliphatic rings. The van der Waals surface area contributed by atoms with Crippen molar-refractivity contribution in [3.05, 3.63) is 53.7 Å². The van der Waals surface area contributed by atoms with Crippen LogP contribution in [0.3, 0.4) is 0 Å². The zero-order chi connectivity index (χ0) is 13.7. The summed E-state index contributed by atoms with van der Waals surface area (Å²) in [5.74, 6) is -0.231. The number of pyridine rings is 1. The van der Waals surface area contributed by atoms with E-state index in [-0.39, 0.29) is 11.8 Å². The molecule has 6 nitrogen and oxygen atoms in total. The van der Waals surface area contributed by atoms with E-state index in [0.717, 1.165) is 0 Å². The van der Waals surface area contributed by atoms with Gasteiger partial charge in [0.2, 0.25) is 5.66 Å². The summed E-state index contributed by atoms with van der Waals surface area (Å²) in [5.41, 5.74) is 0.518. The average Bonchev–Trinajstić information content (AvgIpc) is 2.72. The molecule has 1 spiro atoms. The highest BCUT2D eigenvalue weighted by Crippen LogP contribution is 2.38. The number of carbonyl (C=O) groups is 2. The third-order valence-electron chi connectivity index (χ3n) is 3.58. The third-order valence-corrected chi connectivity index (χ3v) is 3.58. The van der Waals surface area contributed by atoms with Crippen molar-refractivity contribution in [2.75, 3.05) is 10.6 Å². The van der Waals surface area contributed by atoms with Crippen LogP contribution in [0.15, 0.2) is 42.6 Å². The van der Waals surface area contributed by atoms with Gasteiger partial charge in [-0.15, -0.1) is 0 Å². The fourth-order valence-corrected chi connectivity index (χ4v) is 2.64. The van der Waals surface area contributed by atoms with Crippen LogP contribution in [0.5, 0.6) is 0 Å². The van der Waals surface area contributed by atoms with Crippen LogP contribution in [0.4, 0.5) is 11.5 Å². The van der Waals surface area contributed by atoms with Crippen LogP contribution in [0.2, 0.25) is 0 Å². The largest absolute Gasteiger partial charge is 0.335 e. The molecule has 0 bridgehead atoms. The topological polar surface area (TPSA) is 83.1 Å². The predicted molar refractivity (Wildman–Crippen MR) is 72.1 cm³/mol.